The van der Waals surface area contributed by atoms with Gasteiger partial charge in [0.25, 0.3) is 11.8 Å². The summed E-state index contributed by atoms with van der Waals surface area (Å²) < 4.78 is 0. The van der Waals surface area contributed by atoms with E-state index in [4.69, 9.17) is 0 Å². The summed E-state index contributed by atoms with van der Waals surface area (Å²) >= 11 is 0. The number of carbonyl (C=O) groups is 2. The largest absolute Gasteiger partial charge is 0.379 e. The first kappa shape index (κ1) is 24.2. The molecule has 1 aliphatic carbocycles. The van der Waals surface area contributed by atoms with Crippen molar-refractivity contribution < 1.29 is 9.59 Å². The van der Waals surface area contributed by atoms with Gasteiger partial charge >= 0.3 is 0 Å². The molecule has 0 bridgehead atoms. The number of hydrogen-bond donors (Lipinski definition) is 1. The minimum atomic E-state index is -0.175. The Morgan fingerprint density at radius 2 is 1.94 bits per heavy atom. The van der Waals surface area contributed by atoms with Crippen molar-refractivity contribution >= 4 is 17.5 Å². The Kier molecular flexibility index (Phi) is 8.03. The number of carbonyl (C=O) groups excluding carboxylic acids is 2. The number of benzene rings is 1. The van der Waals surface area contributed by atoms with Gasteiger partial charge in [0.05, 0.1) is 17.0 Å². The molecule has 1 aromatic carbocycles. The van der Waals surface area contributed by atoms with Gasteiger partial charge in [-0.2, -0.15) is 0 Å². The van der Waals surface area contributed by atoms with Crippen molar-refractivity contribution in [3.05, 3.63) is 76.7 Å². The summed E-state index contributed by atoms with van der Waals surface area (Å²) in [4.78, 5) is 28.4. The highest BCUT2D eigenvalue weighted by atomic mass is 16.2. The molecule has 0 radical (unpaired) electrons. The van der Waals surface area contributed by atoms with Crippen LogP contribution in [0.5, 0.6) is 0 Å². The van der Waals surface area contributed by atoms with Crippen molar-refractivity contribution in [3.63, 3.8) is 0 Å². The summed E-state index contributed by atoms with van der Waals surface area (Å²) in [7, 11) is 3.44. The fourth-order valence-corrected chi connectivity index (χ4v) is 3.55. The van der Waals surface area contributed by atoms with E-state index < -0.39 is 0 Å². The predicted molar refractivity (Wildman–Crippen MR) is 129 cm³/mol. The fourth-order valence-electron chi connectivity index (χ4n) is 3.55. The Labute approximate surface area is 186 Å². The van der Waals surface area contributed by atoms with Gasteiger partial charge in [-0.1, -0.05) is 52.5 Å². The second kappa shape index (κ2) is 10.3. The van der Waals surface area contributed by atoms with Crippen LogP contribution in [0.1, 0.15) is 50.0 Å². The third-order valence-corrected chi connectivity index (χ3v) is 5.40. The lowest BCUT2D eigenvalue weighted by Gasteiger charge is -2.19. The van der Waals surface area contributed by atoms with E-state index in [1.807, 2.05) is 26.8 Å². The molecule has 31 heavy (non-hydrogen) atoms. The Morgan fingerprint density at radius 3 is 2.52 bits per heavy atom. The van der Waals surface area contributed by atoms with Crippen LogP contribution in [0.15, 0.2) is 65.5 Å². The van der Waals surface area contributed by atoms with Gasteiger partial charge in [-0.05, 0) is 48.1 Å². The van der Waals surface area contributed by atoms with Gasteiger partial charge in [0, 0.05) is 32.4 Å². The van der Waals surface area contributed by atoms with Crippen molar-refractivity contribution in [2.75, 3.05) is 25.5 Å². The normalized spacial score (nSPS) is 15.4. The topological polar surface area (TPSA) is 52.7 Å². The first-order chi connectivity index (χ1) is 14.7. The van der Waals surface area contributed by atoms with Crippen molar-refractivity contribution in [2.24, 2.45) is 5.92 Å². The summed E-state index contributed by atoms with van der Waals surface area (Å²) in [5.74, 6) is 0.260. The maximum atomic E-state index is 12.8. The fraction of sp³-hybridized carbons (Fsp3) is 0.385. The van der Waals surface area contributed by atoms with Crippen LogP contribution in [-0.4, -0.2) is 37.4 Å². The molecule has 1 aliphatic heterocycles. The quantitative estimate of drug-likeness (QED) is 0.660. The molecule has 1 aromatic rings. The lowest BCUT2D eigenvalue weighted by molar-refractivity contribution is -0.113. The summed E-state index contributed by atoms with van der Waals surface area (Å²) in [6.07, 6.45) is 7.21. The van der Waals surface area contributed by atoms with Gasteiger partial charge in [-0.25, -0.2) is 0 Å². The maximum Gasteiger partial charge on any atom is 0.263 e. The standard InChI is InChI=1S/C24H29N3O2.C2H6/c1-15(2)19-11-10-18(12-19)13-25-21-14-27(23(28)17(21)4)22-9-7-8-20(16(22)3)24(29)26(5)6;1-2/h7-9,11-12,14-15,25H,4,10,13H2,1-3,5-6H3;1-2H3. The monoisotopic (exact) mass is 421 g/mol. The molecule has 166 valence electrons. The molecule has 0 saturated carbocycles. The highest BCUT2D eigenvalue weighted by Crippen LogP contribution is 2.31. The summed E-state index contributed by atoms with van der Waals surface area (Å²) in [6, 6.07) is 5.44. The molecule has 5 heteroatoms. The Bertz CT molecular complexity index is 965. The van der Waals surface area contributed by atoms with E-state index in [2.05, 4.69) is 37.9 Å². The summed E-state index contributed by atoms with van der Waals surface area (Å²) in [5.41, 5.74) is 5.87. The van der Waals surface area contributed by atoms with Gasteiger partial charge in [-0.3, -0.25) is 14.5 Å². The highest BCUT2D eigenvalue weighted by molar-refractivity contribution is 6.13. The number of nitrogens with zero attached hydrogens (tertiary/aromatic N) is 2. The molecule has 0 fully saturated rings. The lowest BCUT2D eigenvalue weighted by Crippen LogP contribution is -2.25. The maximum absolute atomic E-state index is 12.8. The molecule has 1 heterocycles. The molecular formula is C26H35N3O2. The summed E-state index contributed by atoms with van der Waals surface area (Å²) in [6.45, 7) is 14.9. The zero-order chi connectivity index (χ0) is 23.3. The molecule has 1 N–H and O–H groups in total. The zero-order valence-corrected chi connectivity index (χ0v) is 19.9. The van der Waals surface area contributed by atoms with Crippen LogP contribution >= 0.6 is 0 Å². The van der Waals surface area contributed by atoms with Crippen LogP contribution in [-0.2, 0) is 4.79 Å². The van der Waals surface area contributed by atoms with E-state index in [1.165, 1.54) is 16.0 Å². The van der Waals surface area contributed by atoms with Gasteiger partial charge in [0.2, 0.25) is 0 Å². The number of nitrogens with one attached hydrogen (secondary N) is 1. The van der Waals surface area contributed by atoms with Crippen molar-refractivity contribution in [2.45, 2.75) is 41.0 Å². The minimum Gasteiger partial charge on any atom is -0.379 e. The van der Waals surface area contributed by atoms with E-state index in [0.717, 1.165) is 17.7 Å². The summed E-state index contributed by atoms with van der Waals surface area (Å²) in [5, 5.41) is 3.36. The van der Waals surface area contributed by atoms with Crippen LogP contribution in [0.4, 0.5) is 5.69 Å². The number of hydrogen-bond acceptors (Lipinski definition) is 3. The molecule has 3 rings (SSSR count). The molecule has 0 spiro atoms. The van der Waals surface area contributed by atoms with E-state index in [1.54, 1.807) is 37.3 Å². The molecule has 2 amide bonds. The number of anilines is 1. The number of allylic oxidation sites excluding steroid dienone is 3. The first-order valence-corrected chi connectivity index (χ1v) is 10.9. The van der Waals surface area contributed by atoms with Crippen molar-refractivity contribution in [1.82, 2.24) is 10.2 Å². The Morgan fingerprint density at radius 1 is 1.26 bits per heavy atom. The zero-order valence-electron chi connectivity index (χ0n) is 19.9. The SMILES string of the molecule is C=C1C(=O)N(c2cccc(C(=O)N(C)C)c2C)C=C1NCC1=CC(C(C)C)=CC1.CC. The van der Waals surface area contributed by atoms with Gasteiger partial charge in [0.1, 0.15) is 0 Å². The van der Waals surface area contributed by atoms with E-state index in [9.17, 15) is 9.59 Å². The number of amides is 2. The molecule has 0 atom stereocenters. The average molecular weight is 422 g/mol. The molecule has 0 aromatic heterocycles. The highest BCUT2D eigenvalue weighted by Gasteiger charge is 2.29. The van der Waals surface area contributed by atoms with Crippen LogP contribution < -0.4 is 10.2 Å². The second-order valence-corrected chi connectivity index (χ2v) is 8.06. The molecule has 2 aliphatic rings. The second-order valence-electron chi connectivity index (χ2n) is 8.06. The molecule has 0 saturated heterocycles. The Hall–Kier alpha value is -3.08. The Balaban J connectivity index is 0.00000166. The average Bonchev–Trinajstić information content (AvgIpc) is 3.34. The minimum absolute atomic E-state index is 0.0845. The number of rotatable bonds is 6. The molecule has 5 nitrogen and oxygen atoms in total. The van der Waals surface area contributed by atoms with Crippen LogP contribution in [0.25, 0.3) is 0 Å². The van der Waals surface area contributed by atoms with Gasteiger partial charge in [-0.15, -0.1) is 0 Å². The van der Waals surface area contributed by atoms with E-state index in [-0.39, 0.29) is 11.8 Å². The van der Waals surface area contributed by atoms with Crippen LogP contribution in [0.2, 0.25) is 0 Å². The van der Waals surface area contributed by atoms with E-state index >= 15 is 0 Å². The van der Waals surface area contributed by atoms with Gasteiger partial charge in [0.15, 0.2) is 0 Å². The lowest BCUT2D eigenvalue weighted by atomic mass is 10.0. The molecule has 0 unspecified atom stereocenters. The smallest absolute Gasteiger partial charge is 0.263 e. The third kappa shape index (κ3) is 5.16. The van der Waals surface area contributed by atoms with Crippen LogP contribution in [0, 0.1) is 12.8 Å². The van der Waals surface area contributed by atoms with E-state index in [0.29, 0.717) is 29.3 Å². The van der Waals surface area contributed by atoms with Crippen molar-refractivity contribution in [3.8, 4) is 0 Å². The van der Waals surface area contributed by atoms with Crippen molar-refractivity contribution in [1.29, 1.82) is 0 Å². The molecular weight excluding hydrogens is 386 g/mol. The van der Waals surface area contributed by atoms with Gasteiger partial charge < -0.3 is 10.2 Å². The third-order valence-electron chi connectivity index (χ3n) is 5.40. The first-order valence-electron chi connectivity index (χ1n) is 10.9. The predicted octanol–water partition coefficient (Wildman–Crippen LogP) is 4.97. The van der Waals surface area contributed by atoms with Crippen LogP contribution in [0.3, 0.4) is 0 Å².